The number of carbonyl (C=O) groups is 3. The first kappa shape index (κ1) is 26.3. The fourth-order valence-electron chi connectivity index (χ4n) is 7.12. The predicted molar refractivity (Wildman–Crippen MR) is 138 cm³/mol. The number of nitrogens with two attached hydrogens (primary N) is 1. The van der Waals surface area contributed by atoms with E-state index in [0.29, 0.717) is 23.1 Å². The number of hydrogen-bond acceptors (Lipinski definition) is 5. The van der Waals surface area contributed by atoms with Gasteiger partial charge in [-0.1, -0.05) is 31.4 Å². The molecule has 0 spiro atoms. The summed E-state index contributed by atoms with van der Waals surface area (Å²) < 4.78 is 20.2. The molecule has 202 valence electrons. The number of fused-ring (bicyclic) bond motifs is 1. The summed E-state index contributed by atoms with van der Waals surface area (Å²) in [5.74, 6) is -1.34. The SMILES string of the molecule is CC(C)N1CCC(c2ccc(C(N)=O)c([C@@H](C(=O)N3C[C@H](F)[C@H]4OCC(=O)[C@H]43)C3CCCCC3)c2)CC1. The summed E-state index contributed by atoms with van der Waals surface area (Å²) in [6, 6.07) is 5.42. The van der Waals surface area contributed by atoms with Gasteiger partial charge in [-0.3, -0.25) is 14.4 Å². The molecule has 2 N–H and O–H groups in total. The van der Waals surface area contributed by atoms with Crippen LogP contribution in [-0.4, -0.2) is 78.0 Å². The molecule has 0 aromatic heterocycles. The van der Waals surface area contributed by atoms with Crippen molar-refractivity contribution in [2.24, 2.45) is 11.7 Å². The van der Waals surface area contributed by atoms with Crippen molar-refractivity contribution < 1.29 is 23.5 Å². The fourth-order valence-corrected chi connectivity index (χ4v) is 7.12. The van der Waals surface area contributed by atoms with Crippen LogP contribution in [0.1, 0.15) is 92.1 Å². The van der Waals surface area contributed by atoms with Crippen LogP contribution in [0.4, 0.5) is 4.39 Å². The third kappa shape index (κ3) is 5.07. The summed E-state index contributed by atoms with van der Waals surface area (Å²) in [6.45, 7) is 6.14. The number of nitrogens with zero attached hydrogens (tertiary/aromatic N) is 2. The Morgan fingerprint density at radius 2 is 1.78 bits per heavy atom. The van der Waals surface area contributed by atoms with E-state index in [0.717, 1.165) is 63.6 Å². The molecule has 2 amide bonds. The van der Waals surface area contributed by atoms with Gasteiger partial charge in [-0.25, -0.2) is 4.39 Å². The van der Waals surface area contributed by atoms with Crippen molar-refractivity contribution in [1.82, 2.24) is 9.80 Å². The second kappa shape index (κ2) is 10.8. The van der Waals surface area contributed by atoms with Crippen LogP contribution in [-0.2, 0) is 14.3 Å². The molecule has 3 heterocycles. The van der Waals surface area contributed by atoms with Crippen LogP contribution in [0.15, 0.2) is 18.2 Å². The summed E-state index contributed by atoms with van der Waals surface area (Å²) in [5.41, 5.74) is 7.97. The van der Waals surface area contributed by atoms with Gasteiger partial charge >= 0.3 is 0 Å². The first-order valence-electron chi connectivity index (χ1n) is 14.0. The van der Waals surface area contributed by atoms with E-state index in [4.69, 9.17) is 10.5 Å². The van der Waals surface area contributed by atoms with Gasteiger partial charge in [0, 0.05) is 11.6 Å². The van der Waals surface area contributed by atoms with Crippen LogP contribution in [0.3, 0.4) is 0 Å². The molecule has 4 atom stereocenters. The third-order valence-electron chi connectivity index (χ3n) is 9.20. The van der Waals surface area contributed by atoms with Gasteiger partial charge < -0.3 is 20.3 Å². The zero-order chi connectivity index (χ0) is 26.3. The maximum absolute atomic E-state index is 14.8. The summed E-state index contributed by atoms with van der Waals surface area (Å²) in [7, 11) is 0. The average Bonchev–Trinajstić information content (AvgIpc) is 3.45. The van der Waals surface area contributed by atoms with Crippen molar-refractivity contribution in [3.05, 3.63) is 34.9 Å². The molecule has 37 heavy (non-hydrogen) atoms. The van der Waals surface area contributed by atoms with Gasteiger partial charge in [-0.15, -0.1) is 0 Å². The van der Waals surface area contributed by atoms with Crippen LogP contribution < -0.4 is 5.73 Å². The molecule has 5 rings (SSSR count). The number of piperidine rings is 1. The molecule has 1 saturated carbocycles. The summed E-state index contributed by atoms with van der Waals surface area (Å²) in [6.07, 6.45) is 4.59. The maximum atomic E-state index is 14.8. The van der Waals surface area contributed by atoms with Crippen LogP contribution in [0.2, 0.25) is 0 Å². The lowest BCUT2D eigenvalue weighted by atomic mass is 9.73. The molecule has 0 unspecified atom stereocenters. The Morgan fingerprint density at radius 1 is 1.08 bits per heavy atom. The Labute approximate surface area is 218 Å². The number of halogens is 1. The molecule has 7 nitrogen and oxygen atoms in total. The minimum absolute atomic E-state index is 0.0203. The highest BCUT2D eigenvalue weighted by Crippen LogP contribution is 2.42. The Morgan fingerprint density at radius 3 is 2.43 bits per heavy atom. The highest BCUT2D eigenvalue weighted by Gasteiger charge is 2.54. The van der Waals surface area contributed by atoms with Crippen LogP contribution in [0, 0.1) is 5.92 Å². The topological polar surface area (TPSA) is 92.9 Å². The highest BCUT2D eigenvalue weighted by molar-refractivity contribution is 5.99. The van der Waals surface area contributed by atoms with Gasteiger partial charge in [0.25, 0.3) is 0 Å². The number of benzene rings is 1. The second-order valence-corrected chi connectivity index (χ2v) is 11.7. The van der Waals surface area contributed by atoms with Gasteiger partial charge in [0.05, 0.1) is 12.5 Å². The van der Waals surface area contributed by atoms with Crippen molar-refractivity contribution in [3.8, 4) is 0 Å². The second-order valence-electron chi connectivity index (χ2n) is 11.7. The lowest BCUT2D eigenvalue weighted by Crippen LogP contribution is -2.46. The number of ketones is 1. The first-order valence-corrected chi connectivity index (χ1v) is 14.0. The van der Waals surface area contributed by atoms with E-state index in [1.54, 1.807) is 6.07 Å². The molecular formula is C29H40FN3O4. The minimum Gasteiger partial charge on any atom is -0.366 e. The molecule has 3 aliphatic heterocycles. The van der Waals surface area contributed by atoms with E-state index < -0.39 is 30.1 Å². The van der Waals surface area contributed by atoms with Gasteiger partial charge in [0.1, 0.15) is 24.9 Å². The zero-order valence-corrected chi connectivity index (χ0v) is 22.0. The minimum atomic E-state index is -1.39. The fraction of sp³-hybridized carbons (Fsp3) is 0.690. The van der Waals surface area contributed by atoms with Gasteiger partial charge in [-0.2, -0.15) is 0 Å². The van der Waals surface area contributed by atoms with Crippen molar-refractivity contribution in [1.29, 1.82) is 0 Å². The molecule has 4 aliphatic rings. The largest absolute Gasteiger partial charge is 0.366 e. The zero-order valence-electron chi connectivity index (χ0n) is 22.0. The standard InChI is InChI=1S/C29H40FN3O4/c1-17(2)32-12-10-18(11-13-32)20-8-9-21(28(31)35)22(14-20)25(19-6-4-3-5-7-19)29(36)33-15-23(30)27-26(33)24(34)16-37-27/h8-9,14,17-19,23,25-27H,3-7,10-13,15-16H2,1-2H3,(H2,31,35)/t23-,25-,26+,27+/m0/s1. The smallest absolute Gasteiger partial charge is 0.249 e. The predicted octanol–water partition coefficient (Wildman–Crippen LogP) is 3.55. The Kier molecular flexibility index (Phi) is 7.68. The van der Waals surface area contributed by atoms with Gasteiger partial charge in [0.2, 0.25) is 11.8 Å². The number of likely N-dealkylation sites (tertiary alicyclic amines) is 2. The number of carbonyl (C=O) groups excluding carboxylic acids is 3. The Balaban J connectivity index is 1.51. The van der Waals surface area contributed by atoms with Crippen molar-refractivity contribution in [2.45, 2.75) is 95.0 Å². The lowest BCUT2D eigenvalue weighted by molar-refractivity contribution is -0.139. The van der Waals surface area contributed by atoms with E-state index in [1.807, 2.05) is 12.1 Å². The number of ether oxygens (including phenoxy) is 1. The molecule has 0 bridgehead atoms. The molecule has 1 aliphatic carbocycles. The van der Waals surface area contributed by atoms with E-state index >= 15 is 0 Å². The maximum Gasteiger partial charge on any atom is 0.249 e. The Hall–Kier alpha value is -2.32. The average molecular weight is 514 g/mol. The number of amides is 2. The molecule has 8 heteroatoms. The summed E-state index contributed by atoms with van der Waals surface area (Å²) in [4.78, 5) is 43.3. The van der Waals surface area contributed by atoms with Crippen LogP contribution >= 0.6 is 0 Å². The number of rotatable bonds is 6. The Bertz CT molecular complexity index is 1030. The van der Waals surface area contributed by atoms with E-state index in [9.17, 15) is 18.8 Å². The number of alkyl halides is 1. The molecule has 1 aromatic rings. The van der Waals surface area contributed by atoms with Crippen LogP contribution in [0.5, 0.6) is 0 Å². The van der Waals surface area contributed by atoms with E-state index in [2.05, 4.69) is 18.7 Å². The van der Waals surface area contributed by atoms with Crippen molar-refractivity contribution in [2.75, 3.05) is 26.2 Å². The van der Waals surface area contributed by atoms with Crippen LogP contribution in [0.25, 0.3) is 0 Å². The molecular weight excluding hydrogens is 473 g/mol. The van der Waals surface area contributed by atoms with Gasteiger partial charge in [0.15, 0.2) is 5.78 Å². The van der Waals surface area contributed by atoms with Crippen molar-refractivity contribution in [3.63, 3.8) is 0 Å². The summed E-state index contributed by atoms with van der Waals surface area (Å²) in [5, 5.41) is 0. The summed E-state index contributed by atoms with van der Waals surface area (Å²) >= 11 is 0. The highest BCUT2D eigenvalue weighted by atomic mass is 19.1. The van der Waals surface area contributed by atoms with Crippen molar-refractivity contribution >= 4 is 17.6 Å². The monoisotopic (exact) mass is 513 g/mol. The lowest BCUT2D eigenvalue weighted by Gasteiger charge is -2.36. The molecule has 3 saturated heterocycles. The third-order valence-corrected chi connectivity index (χ3v) is 9.20. The molecule has 0 radical (unpaired) electrons. The van der Waals surface area contributed by atoms with E-state index in [1.165, 1.54) is 4.90 Å². The molecule has 4 fully saturated rings. The number of hydrogen-bond donors (Lipinski definition) is 1. The molecule has 1 aromatic carbocycles. The number of Topliss-reactive ketones (excluding diaryl/α,β-unsaturated/α-hetero) is 1. The van der Waals surface area contributed by atoms with E-state index in [-0.39, 0.29) is 30.8 Å². The number of primary amides is 1. The van der Waals surface area contributed by atoms with Gasteiger partial charge in [-0.05, 0) is 81.6 Å². The first-order chi connectivity index (χ1) is 17.8. The quantitative estimate of drug-likeness (QED) is 0.628. The normalized spacial score (nSPS) is 28.6.